The number of halogens is 1. The van der Waals surface area contributed by atoms with Crippen LogP contribution in [0.15, 0.2) is 34.9 Å². The first-order chi connectivity index (χ1) is 9.10. The highest BCUT2D eigenvalue weighted by atomic mass is 79.9. The van der Waals surface area contributed by atoms with Crippen LogP contribution >= 0.6 is 15.9 Å². The molecule has 2 rings (SSSR count). The van der Waals surface area contributed by atoms with Crippen molar-refractivity contribution in [1.29, 1.82) is 0 Å². The van der Waals surface area contributed by atoms with Gasteiger partial charge in [-0.1, -0.05) is 15.9 Å². The van der Waals surface area contributed by atoms with Gasteiger partial charge >= 0.3 is 0 Å². The van der Waals surface area contributed by atoms with E-state index in [0.717, 1.165) is 21.6 Å². The van der Waals surface area contributed by atoms with Gasteiger partial charge < -0.3 is 10.1 Å². The highest BCUT2D eigenvalue weighted by Crippen LogP contribution is 2.26. The summed E-state index contributed by atoms with van der Waals surface area (Å²) in [5, 5.41) is 3.02. The lowest BCUT2D eigenvalue weighted by atomic mass is 10.1. The molecule has 0 saturated heterocycles. The fraction of sp³-hybridized carbons (Fsp3) is 0.267. The highest BCUT2D eigenvalue weighted by molar-refractivity contribution is 9.10. The number of benzene rings is 1. The first-order valence-electron chi connectivity index (χ1n) is 6.12. The van der Waals surface area contributed by atoms with Gasteiger partial charge in [0.25, 0.3) is 0 Å². The largest absolute Gasteiger partial charge is 0.489 e. The van der Waals surface area contributed by atoms with Gasteiger partial charge in [0.15, 0.2) is 0 Å². The van der Waals surface area contributed by atoms with E-state index in [1.54, 1.807) is 6.20 Å². The van der Waals surface area contributed by atoms with Gasteiger partial charge in [0.2, 0.25) is 0 Å². The molecule has 1 N–H and O–H groups in total. The quantitative estimate of drug-likeness (QED) is 0.921. The summed E-state index contributed by atoms with van der Waals surface area (Å²) in [6, 6.07) is 8.02. The first-order valence-corrected chi connectivity index (χ1v) is 6.91. The van der Waals surface area contributed by atoms with Crippen molar-refractivity contribution >= 4 is 21.7 Å². The molecule has 0 atom stereocenters. The van der Waals surface area contributed by atoms with Gasteiger partial charge in [-0.05, 0) is 54.8 Å². The van der Waals surface area contributed by atoms with E-state index in [2.05, 4.69) is 40.1 Å². The topological polar surface area (TPSA) is 34.1 Å². The van der Waals surface area contributed by atoms with E-state index in [1.165, 1.54) is 11.1 Å². The van der Waals surface area contributed by atoms with Crippen LogP contribution < -0.4 is 10.1 Å². The number of anilines is 1. The number of ether oxygens (including phenoxy) is 1. The van der Waals surface area contributed by atoms with Crippen LogP contribution in [0.3, 0.4) is 0 Å². The molecule has 1 aromatic heterocycles. The Morgan fingerprint density at radius 1 is 1.21 bits per heavy atom. The fourth-order valence-corrected chi connectivity index (χ4v) is 2.09. The van der Waals surface area contributed by atoms with Crippen LogP contribution in [0.5, 0.6) is 5.75 Å². The molecule has 3 nitrogen and oxygen atoms in total. The molecule has 19 heavy (non-hydrogen) atoms. The lowest BCUT2D eigenvalue weighted by Crippen LogP contribution is -1.99. The molecule has 0 saturated carbocycles. The maximum atomic E-state index is 5.83. The SMILES string of the molecule is CNc1cc(COc2cc(C)c(Br)c(C)c2)ccn1. The molecule has 0 amide bonds. The summed E-state index contributed by atoms with van der Waals surface area (Å²) in [5.74, 6) is 1.74. The van der Waals surface area contributed by atoms with Crippen LogP contribution in [0.4, 0.5) is 5.82 Å². The summed E-state index contributed by atoms with van der Waals surface area (Å²) in [5.41, 5.74) is 3.46. The van der Waals surface area contributed by atoms with Gasteiger partial charge in [-0.3, -0.25) is 0 Å². The van der Waals surface area contributed by atoms with Crippen molar-refractivity contribution in [2.24, 2.45) is 0 Å². The second kappa shape index (κ2) is 6.06. The Bertz CT molecular complexity index is 561. The molecule has 0 fully saturated rings. The van der Waals surface area contributed by atoms with E-state index < -0.39 is 0 Å². The van der Waals surface area contributed by atoms with Gasteiger partial charge in [-0.25, -0.2) is 4.98 Å². The van der Waals surface area contributed by atoms with E-state index in [1.807, 2.05) is 31.3 Å². The van der Waals surface area contributed by atoms with E-state index in [-0.39, 0.29) is 0 Å². The highest BCUT2D eigenvalue weighted by Gasteiger charge is 2.04. The van der Waals surface area contributed by atoms with Crippen molar-refractivity contribution in [1.82, 2.24) is 4.98 Å². The van der Waals surface area contributed by atoms with Crippen LogP contribution in [0.25, 0.3) is 0 Å². The standard InChI is InChI=1S/C15H17BrN2O/c1-10-6-13(7-11(2)15(10)16)19-9-12-4-5-18-14(8-12)17-3/h4-8H,9H2,1-3H3,(H,17,18). The molecule has 1 heterocycles. The Hall–Kier alpha value is -1.55. The third kappa shape index (κ3) is 3.47. The van der Waals surface area contributed by atoms with E-state index >= 15 is 0 Å². The van der Waals surface area contributed by atoms with Crippen molar-refractivity contribution in [3.63, 3.8) is 0 Å². The molecular weight excluding hydrogens is 304 g/mol. The van der Waals surface area contributed by atoms with Crippen LogP contribution in [-0.4, -0.2) is 12.0 Å². The second-order valence-corrected chi connectivity index (χ2v) is 5.25. The van der Waals surface area contributed by atoms with Crippen LogP contribution in [0.1, 0.15) is 16.7 Å². The predicted molar refractivity (Wildman–Crippen MR) is 81.7 cm³/mol. The van der Waals surface area contributed by atoms with Crippen molar-refractivity contribution in [2.45, 2.75) is 20.5 Å². The van der Waals surface area contributed by atoms with Gasteiger partial charge in [-0.2, -0.15) is 0 Å². The third-order valence-corrected chi connectivity index (χ3v) is 4.15. The maximum absolute atomic E-state index is 5.83. The summed E-state index contributed by atoms with van der Waals surface area (Å²) >= 11 is 3.56. The van der Waals surface area contributed by atoms with Gasteiger partial charge in [0.1, 0.15) is 18.2 Å². The Morgan fingerprint density at radius 2 is 1.89 bits per heavy atom. The molecule has 2 aromatic rings. The number of pyridine rings is 1. The van der Waals surface area contributed by atoms with E-state index in [4.69, 9.17) is 4.74 Å². The molecule has 0 aliphatic carbocycles. The van der Waals surface area contributed by atoms with Crippen molar-refractivity contribution < 1.29 is 4.74 Å². The molecule has 4 heteroatoms. The number of aromatic nitrogens is 1. The normalized spacial score (nSPS) is 10.3. The zero-order valence-corrected chi connectivity index (χ0v) is 12.9. The lowest BCUT2D eigenvalue weighted by Gasteiger charge is -2.10. The van der Waals surface area contributed by atoms with Gasteiger partial charge in [-0.15, -0.1) is 0 Å². The Labute approximate surface area is 122 Å². The number of aryl methyl sites for hydroxylation is 2. The molecule has 0 bridgehead atoms. The summed E-state index contributed by atoms with van der Waals surface area (Å²) in [4.78, 5) is 4.18. The molecule has 0 radical (unpaired) electrons. The lowest BCUT2D eigenvalue weighted by molar-refractivity contribution is 0.305. The number of nitrogens with zero attached hydrogens (tertiary/aromatic N) is 1. The number of hydrogen-bond acceptors (Lipinski definition) is 3. The van der Waals surface area contributed by atoms with Crippen molar-refractivity contribution in [2.75, 3.05) is 12.4 Å². The minimum absolute atomic E-state index is 0.539. The van der Waals surface area contributed by atoms with Crippen molar-refractivity contribution in [3.8, 4) is 5.75 Å². The smallest absolute Gasteiger partial charge is 0.126 e. The second-order valence-electron chi connectivity index (χ2n) is 4.46. The number of nitrogens with one attached hydrogen (secondary N) is 1. The van der Waals surface area contributed by atoms with Gasteiger partial charge in [0, 0.05) is 17.7 Å². The Kier molecular flexibility index (Phi) is 4.43. The maximum Gasteiger partial charge on any atom is 0.126 e. The van der Waals surface area contributed by atoms with Crippen molar-refractivity contribution in [3.05, 3.63) is 51.6 Å². The molecule has 0 aliphatic heterocycles. The molecule has 1 aromatic carbocycles. The van der Waals surface area contributed by atoms with E-state index in [9.17, 15) is 0 Å². The first kappa shape index (κ1) is 13.9. The summed E-state index contributed by atoms with van der Waals surface area (Å²) in [6.07, 6.45) is 1.78. The molecular formula is C15H17BrN2O. The number of rotatable bonds is 4. The molecule has 100 valence electrons. The Morgan fingerprint density at radius 3 is 2.53 bits per heavy atom. The predicted octanol–water partition coefficient (Wildman–Crippen LogP) is 4.08. The average Bonchev–Trinajstić information content (AvgIpc) is 2.42. The van der Waals surface area contributed by atoms with Crippen LogP contribution in [-0.2, 0) is 6.61 Å². The van der Waals surface area contributed by atoms with Crippen LogP contribution in [0, 0.1) is 13.8 Å². The minimum Gasteiger partial charge on any atom is -0.489 e. The zero-order chi connectivity index (χ0) is 13.8. The average molecular weight is 321 g/mol. The summed E-state index contributed by atoms with van der Waals surface area (Å²) in [7, 11) is 1.86. The van der Waals surface area contributed by atoms with Crippen LogP contribution in [0.2, 0.25) is 0 Å². The monoisotopic (exact) mass is 320 g/mol. The number of hydrogen-bond donors (Lipinski definition) is 1. The molecule has 0 unspecified atom stereocenters. The molecule has 0 spiro atoms. The zero-order valence-electron chi connectivity index (χ0n) is 11.3. The summed E-state index contributed by atoms with van der Waals surface area (Å²) < 4.78 is 6.97. The fourth-order valence-electron chi connectivity index (χ4n) is 1.86. The summed E-state index contributed by atoms with van der Waals surface area (Å²) in [6.45, 7) is 4.67. The van der Waals surface area contributed by atoms with Gasteiger partial charge in [0.05, 0.1) is 0 Å². The minimum atomic E-state index is 0.539. The third-order valence-electron chi connectivity index (χ3n) is 2.90. The Balaban J connectivity index is 2.10. The molecule has 0 aliphatic rings. The van der Waals surface area contributed by atoms with E-state index in [0.29, 0.717) is 6.61 Å².